The monoisotopic (exact) mass is 273 g/mol. The molecule has 18 heavy (non-hydrogen) atoms. The standard InChI is InChI=1S/C12H16FNO3S/c1-17-12-4-2-3-11(12)14-18(15,16)10-7-5-9(13)6-8-10/h5-8,11-12,14H,2-4H2,1H3. The van der Waals surface area contributed by atoms with Crippen molar-refractivity contribution in [1.82, 2.24) is 4.72 Å². The summed E-state index contributed by atoms with van der Waals surface area (Å²) >= 11 is 0. The van der Waals surface area contributed by atoms with Crippen LogP contribution < -0.4 is 4.72 Å². The highest BCUT2D eigenvalue weighted by atomic mass is 32.2. The maximum absolute atomic E-state index is 12.8. The molecule has 0 heterocycles. The Bertz CT molecular complexity index is 501. The lowest BCUT2D eigenvalue weighted by Crippen LogP contribution is -2.40. The number of sulfonamides is 1. The zero-order valence-corrected chi connectivity index (χ0v) is 10.9. The van der Waals surface area contributed by atoms with E-state index in [0.717, 1.165) is 31.4 Å². The van der Waals surface area contributed by atoms with Crippen molar-refractivity contribution in [3.8, 4) is 0 Å². The van der Waals surface area contributed by atoms with Gasteiger partial charge in [-0.05, 0) is 43.5 Å². The number of hydrogen-bond donors (Lipinski definition) is 1. The summed E-state index contributed by atoms with van der Waals surface area (Å²) in [6.07, 6.45) is 2.47. The highest BCUT2D eigenvalue weighted by molar-refractivity contribution is 7.89. The Morgan fingerprint density at radius 3 is 2.56 bits per heavy atom. The molecule has 100 valence electrons. The molecule has 0 aliphatic heterocycles. The Hall–Kier alpha value is -0.980. The highest BCUT2D eigenvalue weighted by Crippen LogP contribution is 2.23. The van der Waals surface area contributed by atoms with E-state index in [4.69, 9.17) is 4.74 Å². The fourth-order valence-corrected chi connectivity index (χ4v) is 3.52. The first-order chi connectivity index (χ1) is 8.53. The van der Waals surface area contributed by atoms with E-state index in [-0.39, 0.29) is 17.0 Å². The molecule has 2 unspecified atom stereocenters. The smallest absolute Gasteiger partial charge is 0.240 e. The van der Waals surface area contributed by atoms with Crippen LogP contribution in [0.4, 0.5) is 4.39 Å². The molecule has 2 rings (SSSR count). The minimum atomic E-state index is -3.60. The van der Waals surface area contributed by atoms with Crippen LogP contribution in [-0.4, -0.2) is 27.7 Å². The van der Waals surface area contributed by atoms with Crippen molar-refractivity contribution in [2.75, 3.05) is 7.11 Å². The number of nitrogens with one attached hydrogen (secondary N) is 1. The summed E-state index contributed by atoms with van der Waals surface area (Å²) in [6.45, 7) is 0. The van der Waals surface area contributed by atoms with E-state index in [1.54, 1.807) is 7.11 Å². The minimum absolute atomic E-state index is 0.0747. The number of methoxy groups -OCH3 is 1. The number of ether oxygens (including phenoxy) is 1. The molecule has 0 bridgehead atoms. The Morgan fingerprint density at radius 1 is 1.28 bits per heavy atom. The maximum Gasteiger partial charge on any atom is 0.240 e. The van der Waals surface area contributed by atoms with Gasteiger partial charge in [-0.1, -0.05) is 0 Å². The Balaban J connectivity index is 2.14. The molecule has 1 fully saturated rings. The average molecular weight is 273 g/mol. The third kappa shape index (κ3) is 2.88. The fourth-order valence-electron chi connectivity index (χ4n) is 2.22. The summed E-state index contributed by atoms with van der Waals surface area (Å²) in [7, 11) is -2.02. The lowest BCUT2D eigenvalue weighted by atomic mass is 10.2. The molecule has 6 heteroatoms. The van der Waals surface area contributed by atoms with Crippen LogP contribution in [0.15, 0.2) is 29.2 Å². The molecule has 4 nitrogen and oxygen atoms in total. The van der Waals surface area contributed by atoms with Crippen molar-refractivity contribution in [3.63, 3.8) is 0 Å². The van der Waals surface area contributed by atoms with Crippen molar-refractivity contribution < 1.29 is 17.5 Å². The molecule has 1 saturated carbocycles. The zero-order valence-electron chi connectivity index (χ0n) is 10.1. The van der Waals surface area contributed by atoms with Gasteiger partial charge in [-0.25, -0.2) is 17.5 Å². The predicted octanol–water partition coefficient (Wildman–Crippen LogP) is 1.67. The van der Waals surface area contributed by atoms with E-state index in [9.17, 15) is 12.8 Å². The maximum atomic E-state index is 12.8. The van der Waals surface area contributed by atoms with Crippen LogP contribution in [0.5, 0.6) is 0 Å². The number of halogens is 1. The number of hydrogen-bond acceptors (Lipinski definition) is 3. The topological polar surface area (TPSA) is 55.4 Å². The largest absolute Gasteiger partial charge is 0.380 e. The van der Waals surface area contributed by atoms with Gasteiger partial charge >= 0.3 is 0 Å². The van der Waals surface area contributed by atoms with Crippen molar-refractivity contribution >= 4 is 10.0 Å². The Kier molecular flexibility index (Phi) is 3.99. The lowest BCUT2D eigenvalue weighted by Gasteiger charge is -2.19. The average Bonchev–Trinajstić information content (AvgIpc) is 2.76. The SMILES string of the molecule is COC1CCCC1NS(=O)(=O)c1ccc(F)cc1. The first-order valence-corrected chi connectivity index (χ1v) is 7.32. The van der Waals surface area contributed by atoms with Crippen molar-refractivity contribution in [3.05, 3.63) is 30.1 Å². The van der Waals surface area contributed by atoms with Gasteiger partial charge in [-0.15, -0.1) is 0 Å². The molecular weight excluding hydrogens is 257 g/mol. The summed E-state index contributed by atoms with van der Waals surface area (Å²) in [4.78, 5) is 0.0747. The Labute approximate surface area is 106 Å². The molecule has 0 aromatic heterocycles. The second-order valence-corrected chi connectivity index (χ2v) is 6.10. The van der Waals surface area contributed by atoms with E-state index in [1.165, 1.54) is 12.1 Å². The quantitative estimate of drug-likeness (QED) is 0.908. The molecule has 0 amide bonds. The van der Waals surface area contributed by atoms with Gasteiger partial charge in [0.25, 0.3) is 0 Å². The predicted molar refractivity (Wildman–Crippen MR) is 65.2 cm³/mol. The van der Waals surface area contributed by atoms with Gasteiger partial charge in [-0.2, -0.15) is 0 Å². The van der Waals surface area contributed by atoms with E-state index >= 15 is 0 Å². The highest BCUT2D eigenvalue weighted by Gasteiger charge is 2.31. The first kappa shape index (κ1) is 13.5. The lowest BCUT2D eigenvalue weighted by molar-refractivity contribution is 0.0916. The normalized spacial score (nSPS) is 24.3. The summed E-state index contributed by atoms with van der Waals surface area (Å²) in [5.41, 5.74) is 0. The first-order valence-electron chi connectivity index (χ1n) is 5.83. The third-order valence-corrected chi connectivity index (χ3v) is 4.69. The summed E-state index contributed by atoms with van der Waals surface area (Å²) in [6, 6.07) is 4.58. The number of benzene rings is 1. The second-order valence-electron chi connectivity index (χ2n) is 4.39. The van der Waals surface area contributed by atoms with Crippen LogP contribution in [0.1, 0.15) is 19.3 Å². The molecule has 1 aromatic rings. The number of rotatable bonds is 4. The van der Waals surface area contributed by atoms with E-state index < -0.39 is 15.8 Å². The third-order valence-electron chi connectivity index (χ3n) is 3.19. The molecule has 1 aliphatic rings. The molecule has 0 saturated heterocycles. The van der Waals surface area contributed by atoms with Gasteiger partial charge < -0.3 is 4.74 Å². The van der Waals surface area contributed by atoms with Crippen molar-refractivity contribution in [2.24, 2.45) is 0 Å². The van der Waals surface area contributed by atoms with Gasteiger partial charge in [0.2, 0.25) is 10.0 Å². The second kappa shape index (κ2) is 5.34. The van der Waals surface area contributed by atoms with E-state index in [2.05, 4.69) is 4.72 Å². The molecule has 2 atom stereocenters. The van der Waals surface area contributed by atoms with Crippen molar-refractivity contribution in [1.29, 1.82) is 0 Å². The van der Waals surface area contributed by atoms with Crippen LogP contribution in [0.25, 0.3) is 0 Å². The van der Waals surface area contributed by atoms with Gasteiger partial charge in [0, 0.05) is 13.2 Å². The molecular formula is C12H16FNO3S. The van der Waals surface area contributed by atoms with Crippen LogP contribution in [-0.2, 0) is 14.8 Å². The van der Waals surface area contributed by atoms with Crippen LogP contribution >= 0.6 is 0 Å². The summed E-state index contributed by atoms with van der Waals surface area (Å²) < 4.78 is 44.8. The van der Waals surface area contributed by atoms with Gasteiger partial charge in [0.1, 0.15) is 5.82 Å². The zero-order chi connectivity index (χ0) is 13.2. The van der Waals surface area contributed by atoms with Crippen LogP contribution in [0, 0.1) is 5.82 Å². The summed E-state index contributed by atoms with van der Waals surface area (Å²) in [5, 5.41) is 0. The van der Waals surface area contributed by atoms with Gasteiger partial charge in [0.15, 0.2) is 0 Å². The van der Waals surface area contributed by atoms with Crippen molar-refractivity contribution in [2.45, 2.75) is 36.3 Å². The van der Waals surface area contributed by atoms with Gasteiger partial charge in [-0.3, -0.25) is 0 Å². The Morgan fingerprint density at radius 2 is 1.94 bits per heavy atom. The summed E-state index contributed by atoms with van der Waals surface area (Å²) in [5.74, 6) is -0.454. The van der Waals surface area contributed by atoms with E-state index in [1.807, 2.05) is 0 Å². The molecule has 0 spiro atoms. The van der Waals surface area contributed by atoms with Crippen LogP contribution in [0.2, 0.25) is 0 Å². The van der Waals surface area contributed by atoms with Gasteiger partial charge in [0.05, 0.1) is 11.0 Å². The van der Waals surface area contributed by atoms with E-state index in [0.29, 0.717) is 0 Å². The minimum Gasteiger partial charge on any atom is -0.380 e. The molecule has 1 aromatic carbocycles. The molecule has 0 radical (unpaired) electrons. The molecule has 1 aliphatic carbocycles. The fraction of sp³-hybridized carbons (Fsp3) is 0.500. The molecule has 1 N–H and O–H groups in total. The van der Waals surface area contributed by atoms with Crippen LogP contribution in [0.3, 0.4) is 0 Å².